The maximum absolute atomic E-state index is 7.57. The standard InChI is InChI=1S/C29H29N3/c30-25-18-21-16-17-28(32,20-26(21)27(31)19-25)29(22-10-4-1-5-11-22,23-12-6-2-7-13-23)24-14-8-3-9-15-24/h1-15,18-19H,16-17,20,30-32H2. The molecular formula is C29H29N3. The molecule has 0 amide bonds. The molecular weight excluding hydrogens is 390 g/mol. The third kappa shape index (κ3) is 3.09. The highest BCUT2D eigenvalue weighted by molar-refractivity contribution is 5.64. The number of hydrogen-bond donors (Lipinski definition) is 3. The van der Waals surface area contributed by atoms with E-state index in [1.165, 1.54) is 22.3 Å². The highest BCUT2D eigenvalue weighted by Crippen LogP contribution is 2.51. The van der Waals surface area contributed by atoms with E-state index in [1.807, 2.05) is 6.07 Å². The number of benzene rings is 4. The number of fused-ring (bicyclic) bond motifs is 1. The van der Waals surface area contributed by atoms with Gasteiger partial charge in [0.1, 0.15) is 0 Å². The van der Waals surface area contributed by atoms with E-state index >= 15 is 0 Å². The molecule has 5 rings (SSSR count). The number of anilines is 2. The fourth-order valence-electron chi connectivity index (χ4n) is 5.73. The molecule has 0 saturated carbocycles. The van der Waals surface area contributed by atoms with E-state index in [9.17, 15) is 0 Å². The molecule has 0 heterocycles. The van der Waals surface area contributed by atoms with Crippen LogP contribution in [0.3, 0.4) is 0 Å². The molecule has 1 atom stereocenters. The first-order valence-electron chi connectivity index (χ1n) is 11.2. The molecule has 0 fully saturated rings. The predicted molar refractivity (Wildman–Crippen MR) is 133 cm³/mol. The van der Waals surface area contributed by atoms with Crippen molar-refractivity contribution in [2.45, 2.75) is 30.2 Å². The molecule has 6 N–H and O–H groups in total. The lowest BCUT2D eigenvalue weighted by Crippen LogP contribution is -2.62. The Labute approximate surface area is 189 Å². The third-order valence-electron chi connectivity index (χ3n) is 7.10. The Morgan fingerprint density at radius 1 is 0.656 bits per heavy atom. The van der Waals surface area contributed by atoms with Gasteiger partial charge in [0.15, 0.2) is 0 Å². The Kier molecular flexibility index (Phi) is 4.99. The fraction of sp³-hybridized carbons (Fsp3) is 0.172. The van der Waals surface area contributed by atoms with Gasteiger partial charge in [0.2, 0.25) is 0 Å². The zero-order valence-electron chi connectivity index (χ0n) is 18.2. The topological polar surface area (TPSA) is 78.1 Å². The Balaban J connectivity index is 1.83. The van der Waals surface area contributed by atoms with E-state index in [0.29, 0.717) is 12.1 Å². The zero-order valence-corrected chi connectivity index (χ0v) is 18.2. The second-order valence-electron chi connectivity index (χ2n) is 8.93. The molecule has 1 aliphatic rings. The second-order valence-corrected chi connectivity index (χ2v) is 8.93. The number of hydrogen-bond acceptors (Lipinski definition) is 3. The Hall–Kier alpha value is -3.56. The summed E-state index contributed by atoms with van der Waals surface area (Å²) in [5.74, 6) is 0. The quantitative estimate of drug-likeness (QED) is 0.319. The molecule has 0 aromatic heterocycles. The number of nitrogens with two attached hydrogens (primary N) is 3. The molecule has 0 bridgehead atoms. The molecule has 0 spiro atoms. The average Bonchev–Trinajstić information content (AvgIpc) is 2.82. The maximum Gasteiger partial charge on any atom is 0.0634 e. The van der Waals surface area contributed by atoms with Crippen molar-refractivity contribution in [3.63, 3.8) is 0 Å². The first-order chi connectivity index (χ1) is 15.5. The number of aryl methyl sites for hydroxylation is 1. The van der Waals surface area contributed by atoms with E-state index in [2.05, 4.69) is 97.1 Å². The summed E-state index contributed by atoms with van der Waals surface area (Å²) in [6, 6.07) is 35.9. The van der Waals surface area contributed by atoms with Crippen molar-refractivity contribution in [3.05, 3.63) is 131 Å². The fourth-order valence-corrected chi connectivity index (χ4v) is 5.73. The van der Waals surface area contributed by atoms with E-state index in [1.54, 1.807) is 0 Å². The van der Waals surface area contributed by atoms with Gasteiger partial charge in [0.05, 0.1) is 5.41 Å². The van der Waals surface area contributed by atoms with Gasteiger partial charge in [-0.2, -0.15) is 0 Å². The highest BCUT2D eigenvalue weighted by Gasteiger charge is 2.53. The third-order valence-corrected chi connectivity index (χ3v) is 7.10. The van der Waals surface area contributed by atoms with Gasteiger partial charge in [-0.3, -0.25) is 0 Å². The molecule has 160 valence electrons. The van der Waals surface area contributed by atoms with Crippen LogP contribution >= 0.6 is 0 Å². The van der Waals surface area contributed by atoms with Gasteiger partial charge in [-0.15, -0.1) is 0 Å². The van der Waals surface area contributed by atoms with Gasteiger partial charge in [-0.25, -0.2) is 0 Å². The van der Waals surface area contributed by atoms with Crippen LogP contribution in [0.25, 0.3) is 0 Å². The molecule has 3 heteroatoms. The van der Waals surface area contributed by atoms with E-state index in [0.717, 1.165) is 24.1 Å². The Morgan fingerprint density at radius 3 is 1.59 bits per heavy atom. The maximum atomic E-state index is 7.57. The molecule has 32 heavy (non-hydrogen) atoms. The summed E-state index contributed by atoms with van der Waals surface area (Å²) in [6.07, 6.45) is 2.34. The SMILES string of the molecule is Nc1cc(N)c2c(c1)CCC(N)(C(c1ccccc1)(c1ccccc1)c1ccccc1)C2. The van der Waals surface area contributed by atoms with Crippen LogP contribution in [-0.2, 0) is 18.3 Å². The number of nitrogen functional groups attached to an aromatic ring is 2. The molecule has 4 aromatic rings. The van der Waals surface area contributed by atoms with Crippen molar-refractivity contribution < 1.29 is 0 Å². The van der Waals surface area contributed by atoms with Crippen LogP contribution in [0, 0.1) is 0 Å². The van der Waals surface area contributed by atoms with Gasteiger partial charge >= 0.3 is 0 Å². The van der Waals surface area contributed by atoms with E-state index in [4.69, 9.17) is 17.2 Å². The summed E-state index contributed by atoms with van der Waals surface area (Å²) < 4.78 is 0. The molecule has 0 saturated heterocycles. The van der Waals surface area contributed by atoms with Gasteiger partial charge in [-0.05, 0) is 59.2 Å². The van der Waals surface area contributed by atoms with Crippen molar-refractivity contribution >= 4 is 11.4 Å². The average molecular weight is 420 g/mol. The van der Waals surface area contributed by atoms with Crippen molar-refractivity contribution in [1.82, 2.24) is 0 Å². The molecule has 0 radical (unpaired) electrons. The minimum absolute atomic E-state index is 0.539. The van der Waals surface area contributed by atoms with Crippen LogP contribution in [-0.4, -0.2) is 5.54 Å². The van der Waals surface area contributed by atoms with Crippen LogP contribution in [0.15, 0.2) is 103 Å². The van der Waals surface area contributed by atoms with Crippen LogP contribution in [0.4, 0.5) is 11.4 Å². The minimum atomic E-state index is -0.589. The largest absolute Gasteiger partial charge is 0.399 e. The summed E-state index contributed by atoms with van der Waals surface area (Å²) in [5.41, 5.74) is 26.4. The van der Waals surface area contributed by atoms with Gasteiger partial charge in [0, 0.05) is 16.9 Å². The van der Waals surface area contributed by atoms with Crippen LogP contribution in [0.2, 0.25) is 0 Å². The highest BCUT2D eigenvalue weighted by atomic mass is 14.8. The zero-order chi connectivity index (χ0) is 22.2. The van der Waals surface area contributed by atoms with Crippen LogP contribution in [0.5, 0.6) is 0 Å². The van der Waals surface area contributed by atoms with Gasteiger partial charge in [-0.1, -0.05) is 91.0 Å². The smallest absolute Gasteiger partial charge is 0.0634 e. The van der Waals surface area contributed by atoms with E-state index < -0.39 is 11.0 Å². The summed E-state index contributed by atoms with van der Waals surface area (Å²) >= 11 is 0. The monoisotopic (exact) mass is 419 g/mol. The number of rotatable bonds is 4. The van der Waals surface area contributed by atoms with Gasteiger partial charge in [0.25, 0.3) is 0 Å². The molecule has 3 nitrogen and oxygen atoms in total. The van der Waals surface area contributed by atoms with Crippen LogP contribution < -0.4 is 17.2 Å². The first-order valence-corrected chi connectivity index (χ1v) is 11.2. The normalized spacial score (nSPS) is 18.2. The molecule has 4 aromatic carbocycles. The second kappa shape index (κ2) is 7.85. The van der Waals surface area contributed by atoms with Gasteiger partial charge < -0.3 is 17.2 Å². The Bertz CT molecular complexity index is 1120. The van der Waals surface area contributed by atoms with Crippen molar-refractivity contribution in [1.29, 1.82) is 0 Å². The lowest BCUT2D eigenvalue weighted by atomic mass is 9.53. The summed E-state index contributed by atoms with van der Waals surface area (Å²) in [6.45, 7) is 0. The first kappa shape index (κ1) is 20.3. The minimum Gasteiger partial charge on any atom is -0.399 e. The lowest BCUT2D eigenvalue weighted by molar-refractivity contribution is 0.264. The predicted octanol–water partition coefficient (Wildman–Crippen LogP) is 5.07. The van der Waals surface area contributed by atoms with Crippen molar-refractivity contribution in [3.8, 4) is 0 Å². The molecule has 0 aliphatic heterocycles. The van der Waals surface area contributed by atoms with E-state index in [-0.39, 0.29) is 0 Å². The van der Waals surface area contributed by atoms with Crippen LogP contribution in [0.1, 0.15) is 34.2 Å². The lowest BCUT2D eigenvalue weighted by Gasteiger charge is -2.52. The van der Waals surface area contributed by atoms with Crippen molar-refractivity contribution in [2.24, 2.45) is 5.73 Å². The summed E-state index contributed by atoms with van der Waals surface area (Å²) in [4.78, 5) is 0. The van der Waals surface area contributed by atoms with Crippen molar-refractivity contribution in [2.75, 3.05) is 11.5 Å². The molecule has 1 unspecified atom stereocenters. The Morgan fingerprint density at radius 2 is 1.12 bits per heavy atom. The summed E-state index contributed by atoms with van der Waals surface area (Å²) in [7, 11) is 0. The summed E-state index contributed by atoms with van der Waals surface area (Å²) in [5, 5.41) is 0. The molecule has 1 aliphatic carbocycles.